The first-order valence-electron chi connectivity index (χ1n) is 4.70. The SMILES string of the molecule is O=C(SCC1CS1)c1ccc([N+](=O)[O-])cc1. The molecule has 1 fully saturated rings. The maximum Gasteiger partial charge on any atom is 0.269 e. The Hall–Kier alpha value is -1.01. The molecule has 0 bridgehead atoms. The Bertz CT molecular complexity index is 415. The van der Waals surface area contributed by atoms with Crippen molar-refractivity contribution >= 4 is 34.3 Å². The number of carbonyl (C=O) groups is 1. The van der Waals surface area contributed by atoms with Crippen molar-refractivity contribution in [2.45, 2.75) is 5.25 Å². The lowest BCUT2D eigenvalue weighted by molar-refractivity contribution is -0.384. The zero-order valence-electron chi connectivity index (χ0n) is 8.29. The number of hydrogen-bond acceptors (Lipinski definition) is 5. The highest BCUT2D eigenvalue weighted by atomic mass is 32.2. The molecule has 2 rings (SSSR count). The quantitative estimate of drug-likeness (QED) is 0.470. The van der Waals surface area contributed by atoms with Crippen LogP contribution in [-0.2, 0) is 0 Å². The lowest BCUT2D eigenvalue weighted by Crippen LogP contribution is -1.98. The molecule has 1 aromatic carbocycles. The summed E-state index contributed by atoms with van der Waals surface area (Å²) in [7, 11) is 0. The van der Waals surface area contributed by atoms with Crippen molar-refractivity contribution in [2.24, 2.45) is 0 Å². The number of thioether (sulfide) groups is 2. The number of hydrogen-bond donors (Lipinski definition) is 0. The molecule has 1 saturated heterocycles. The molecular weight excluding hydrogens is 246 g/mol. The van der Waals surface area contributed by atoms with Gasteiger partial charge in [-0.2, -0.15) is 11.8 Å². The molecule has 1 heterocycles. The smallest absolute Gasteiger partial charge is 0.269 e. The summed E-state index contributed by atoms with van der Waals surface area (Å²) in [5.41, 5.74) is 0.542. The van der Waals surface area contributed by atoms with Crippen molar-refractivity contribution in [3.8, 4) is 0 Å². The largest absolute Gasteiger partial charge is 0.282 e. The summed E-state index contributed by atoms with van der Waals surface area (Å²) in [5, 5.41) is 11.0. The normalized spacial score (nSPS) is 18.1. The maximum atomic E-state index is 11.6. The Morgan fingerprint density at radius 2 is 2.12 bits per heavy atom. The van der Waals surface area contributed by atoms with Crippen LogP contribution in [0.1, 0.15) is 10.4 Å². The number of nitro groups is 1. The molecule has 84 valence electrons. The van der Waals surface area contributed by atoms with E-state index in [0.717, 1.165) is 11.5 Å². The average molecular weight is 255 g/mol. The average Bonchev–Trinajstić information content (AvgIpc) is 3.10. The number of nitrogens with zero attached hydrogens (tertiary/aromatic N) is 1. The third-order valence-electron chi connectivity index (χ3n) is 2.12. The fourth-order valence-electron chi connectivity index (χ4n) is 1.14. The second-order valence-electron chi connectivity index (χ2n) is 3.36. The van der Waals surface area contributed by atoms with Gasteiger partial charge in [0.2, 0.25) is 5.12 Å². The second kappa shape index (κ2) is 4.88. The van der Waals surface area contributed by atoms with Gasteiger partial charge in [0.15, 0.2) is 0 Å². The Balaban J connectivity index is 1.96. The van der Waals surface area contributed by atoms with Crippen molar-refractivity contribution in [3.63, 3.8) is 0 Å². The Kier molecular flexibility index (Phi) is 3.50. The third kappa shape index (κ3) is 2.99. The summed E-state index contributed by atoms with van der Waals surface area (Å²) >= 11 is 3.13. The fourth-order valence-corrected chi connectivity index (χ4v) is 2.89. The van der Waals surface area contributed by atoms with Gasteiger partial charge in [-0.1, -0.05) is 11.8 Å². The number of rotatable bonds is 4. The molecule has 1 atom stereocenters. The predicted molar refractivity (Wildman–Crippen MR) is 66.1 cm³/mol. The minimum absolute atomic E-state index is 0.0117. The molecule has 0 aromatic heterocycles. The molecule has 0 N–H and O–H groups in total. The molecule has 1 unspecified atom stereocenters. The van der Waals surface area contributed by atoms with Gasteiger partial charge in [0.1, 0.15) is 0 Å². The minimum Gasteiger partial charge on any atom is -0.282 e. The number of benzene rings is 1. The maximum absolute atomic E-state index is 11.6. The summed E-state index contributed by atoms with van der Waals surface area (Å²) < 4.78 is 0. The van der Waals surface area contributed by atoms with Gasteiger partial charge < -0.3 is 0 Å². The van der Waals surface area contributed by atoms with E-state index in [4.69, 9.17) is 0 Å². The summed E-state index contributed by atoms with van der Waals surface area (Å²) in [4.78, 5) is 21.6. The van der Waals surface area contributed by atoms with E-state index in [1.54, 1.807) is 0 Å². The predicted octanol–water partition coefficient (Wildman–Crippen LogP) is 2.58. The van der Waals surface area contributed by atoms with Crippen LogP contribution in [0.4, 0.5) is 5.69 Å². The van der Waals surface area contributed by atoms with Crippen LogP contribution >= 0.6 is 23.5 Å². The van der Waals surface area contributed by atoms with Crippen LogP contribution in [-0.4, -0.2) is 26.8 Å². The second-order valence-corrected chi connectivity index (χ2v) is 5.68. The lowest BCUT2D eigenvalue weighted by atomic mass is 10.2. The van der Waals surface area contributed by atoms with E-state index >= 15 is 0 Å². The van der Waals surface area contributed by atoms with E-state index in [1.807, 2.05) is 11.8 Å². The molecule has 0 aliphatic carbocycles. The Morgan fingerprint density at radius 1 is 1.50 bits per heavy atom. The molecule has 0 saturated carbocycles. The van der Waals surface area contributed by atoms with Gasteiger partial charge in [-0.15, -0.1) is 0 Å². The number of carbonyl (C=O) groups excluding carboxylic acids is 1. The summed E-state index contributed by atoms with van der Waals surface area (Å²) in [6.07, 6.45) is 0. The first-order chi connectivity index (χ1) is 7.66. The van der Waals surface area contributed by atoms with Crippen LogP contribution in [0, 0.1) is 10.1 Å². The highest BCUT2D eigenvalue weighted by Crippen LogP contribution is 2.33. The van der Waals surface area contributed by atoms with E-state index in [0.29, 0.717) is 10.8 Å². The Labute approximate surface area is 101 Å². The first-order valence-corrected chi connectivity index (χ1v) is 6.73. The monoisotopic (exact) mass is 255 g/mol. The van der Waals surface area contributed by atoms with Crippen LogP contribution in [0.15, 0.2) is 24.3 Å². The first kappa shape index (κ1) is 11.5. The molecule has 1 aliphatic rings. The highest BCUT2D eigenvalue weighted by Gasteiger charge is 2.23. The van der Waals surface area contributed by atoms with E-state index in [1.165, 1.54) is 36.0 Å². The fraction of sp³-hybridized carbons (Fsp3) is 0.300. The molecule has 0 amide bonds. The van der Waals surface area contributed by atoms with Gasteiger partial charge in [0, 0.05) is 34.5 Å². The van der Waals surface area contributed by atoms with Crippen molar-refractivity contribution in [1.29, 1.82) is 0 Å². The minimum atomic E-state index is -0.470. The molecule has 1 aliphatic heterocycles. The van der Waals surface area contributed by atoms with Crippen LogP contribution in [0.2, 0.25) is 0 Å². The van der Waals surface area contributed by atoms with Gasteiger partial charge in [0.25, 0.3) is 5.69 Å². The van der Waals surface area contributed by atoms with Gasteiger partial charge in [-0.3, -0.25) is 14.9 Å². The van der Waals surface area contributed by atoms with Gasteiger partial charge in [-0.05, 0) is 12.1 Å². The molecule has 1 aromatic rings. The van der Waals surface area contributed by atoms with Crippen LogP contribution in [0.25, 0.3) is 0 Å². The zero-order chi connectivity index (χ0) is 11.5. The van der Waals surface area contributed by atoms with Crippen molar-refractivity contribution in [1.82, 2.24) is 0 Å². The van der Waals surface area contributed by atoms with Crippen LogP contribution in [0.5, 0.6) is 0 Å². The summed E-state index contributed by atoms with van der Waals surface area (Å²) in [6, 6.07) is 5.74. The Morgan fingerprint density at radius 3 is 2.62 bits per heavy atom. The van der Waals surface area contributed by atoms with Crippen molar-refractivity contribution in [3.05, 3.63) is 39.9 Å². The van der Waals surface area contributed by atoms with Crippen molar-refractivity contribution in [2.75, 3.05) is 11.5 Å². The van der Waals surface area contributed by atoms with E-state index in [-0.39, 0.29) is 10.8 Å². The number of nitro benzene ring substituents is 1. The highest BCUT2D eigenvalue weighted by molar-refractivity contribution is 8.15. The van der Waals surface area contributed by atoms with Gasteiger partial charge >= 0.3 is 0 Å². The molecular formula is C10H9NO3S2. The van der Waals surface area contributed by atoms with Gasteiger partial charge in [0.05, 0.1) is 4.92 Å². The van der Waals surface area contributed by atoms with Crippen LogP contribution in [0.3, 0.4) is 0 Å². The molecule has 0 radical (unpaired) electrons. The summed E-state index contributed by atoms with van der Waals surface area (Å²) in [6.45, 7) is 0. The van der Waals surface area contributed by atoms with E-state index in [2.05, 4.69) is 0 Å². The molecule has 6 heteroatoms. The standard InChI is InChI=1S/C10H9NO3S2/c12-10(16-6-9-5-15-9)7-1-3-8(4-2-7)11(13)14/h1-4,9H,5-6H2. The number of non-ortho nitro benzene ring substituents is 1. The van der Waals surface area contributed by atoms with E-state index < -0.39 is 4.92 Å². The third-order valence-corrected chi connectivity index (χ3v) is 4.37. The van der Waals surface area contributed by atoms with Crippen molar-refractivity contribution < 1.29 is 9.72 Å². The lowest BCUT2D eigenvalue weighted by Gasteiger charge is -1.98. The zero-order valence-corrected chi connectivity index (χ0v) is 9.92. The van der Waals surface area contributed by atoms with Crippen LogP contribution < -0.4 is 0 Å². The topological polar surface area (TPSA) is 60.2 Å². The summed E-state index contributed by atoms with van der Waals surface area (Å²) in [5.74, 6) is 1.97. The molecule has 4 nitrogen and oxygen atoms in total. The molecule has 16 heavy (non-hydrogen) atoms. The molecule has 0 spiro atoms. The van der Waals surface area contributed by atoms with E-state index in [9.17, 15) is 14.9 Å². The van der Waals surface area contributed by atoms with Gasteiger partial charge in [-0.25, -0.2) is 0 Å².